The van der Waals surface area contributed by atoms with Crippen molar-refractivity contribution in [2.45, 2.75) is 12.5 Å². The van der Waals surface area contributed by atoms with Crippen LogP contribution in [0.15, 0.2) is 16.7 Å². The molecule has 0 bridgehead atoms. The third-order valence-corrected chi connectivity index (χ3v) is 2.74. The minimum atomic E-state index is 0.466. The highest BCUT2D eigenvalue weighted by Crippen LogP contribution is 2.22. The van der Waals surface area contributed by atoms with Crippen molar-refractivity contribution >= 4 is 27.4 Å². The van der Waals surface area contributed by atoms with E-state index in [1.54, 1.807) is 6.20 Å². The first-order valence-electron chi connectivity index (χ1n) is 4.64. The number of nitrogens with zero attached hydrogens (tertiary/aromatic N) is 1. The minimum absolute atomic E-state index is 0.466. The second kappa shape index (κ2) is 4.14. The molecule has 0 radical (unpaired) electrons. The fraction of sp³-hybridized carbons (Fsp3) is 0.444. The molecule has 1 aliphatic rings. The van der Waals surface area contributed by atoms with Gasteiger partial charge in [-0.3, -0.25) is 0 Å². The summed E-state index contributed by atoms with van der Waals surface area (Å²) in [6.45, 7) is 2.06. The molecule has 0 amide bonds. The minimum Gasteiger partial charge on any atom is -0.382 e. The fourth-order valence-corrected chi connectivity index (χ4v) is 1.89. The molecule has 4 nitrogen and oxygen atoms in total. The van der Waals surface area contributed by atoms with E-state index in [4.69, 9.17) is 5.73 Å². The Morgan fingerprint density at radius 3 is 3.21 bits per heavy atom. The summed E-state index contributed by atoms with van der Waals surface area (Å²) in [6.07, 6.45) is 2.83. The van der Waals surface area contributed by atoms with E-state index >= 15 is 0 Å². The van der Waals surface area contributed by atoms with Crippen LogP contribution in [0.3, 0.4) is 0 Å². The van der Waals surface area contributed by atoms with E-state index in [0.29, 0.717) is 11.9 Å². The summed E-state index contributed by atoms with van der Waals surface area (Å²) in [7, 11) is 0. The molecule has 14 heavy (non-hydrogen) atoms. The van der Waals surface area contributed by atoms with Crippen LogP contribution in [0.25, 0.3) is 0 Å². The summed E-state index contributed by atoms with van der Waals surface area (Å²) in [5.74, 6) is 0.556. The first-order valence-corrected chi connectivity index (χ1v) is 5.43. The SMILES string of the molecule is Nc1ncc(Br)cc1NC1CCNC1. The topological polar surface area (TPSA) is 63.0 Å². The Kier molecular flexibility index (Phi) is 2.88. The van der Waals surface area contributed by atoms with Crippen LogP contribution in [-0.4, -0.2) is 24.1 Å². The Morgan fingerprint density at radius 2 is 2.50 bits per heavy atom. The summed E-state index contributed by atoms with van der Waals surface area (Å²) in [5.41, 5.74) is 6.66. The number of hydrogen-bond acceptors (Lipinski definition) is 4. The third kappa shape index (κ3) is 2.16. The normalized spacial score (nSPS) is 21.1. The number of halogens is 1. The summed E-state index contributed by atoms with van der Waals surface area (Å²) in [5, 5.41) is 6.66. The molecule has 1 aliphatic heterocycles. The van der Waals surface area contributed by atoms with Gasteiger partial charge in [0, 0.05) is 23.3 Å². The molecule has 0 aromatic carbocycles. The molecule has 1 saturated heterocycles. The lowest BCUT2D eigenvalue weighted by Gasteiger charge is -2.14. The number of pyridine rings is 1. The lowest BCUT2D eigenvalue weighted by molar-refractivity contribution is 0.793. The van der Waals surface area contributed by atoms with Gasteiger partial charge in [0.05, 0.1) is 5.69 Å². The molecule has 76 valence electrons. The fourth-order valence-electron chi connectivity index (χ4n) is 1.56. The van der Waals surface area contributed by atoms with Gasteiger partial charge in [0.2, 0.25) is 0 Å². The highest BCUT2D eigenvalue weighted by Gasteiger charge is 2.15. The van der Waals surface area contributed by atoms with Gasteiger partial charge in [0.25, 0.3) is 0 Å². The zero-order valence-corrected chi connectivity index (χ0v) is 9.34. The van der Waals surface area contributed by atoms with Gasteiger partial charge in [-0.25, -0.2) is 4.98 Å². The summed E-state index contributed by atoms with van der Waals surface area (Å²) in [6, 6.07) is 2.43. The van der Waals surface area contributed by atoms with E-state index in [1.807, 2.05) is 6.07 Å². The number of nitrogen functional groups attached to an aromatic ring is 1. The number of nitrogens with one attached hydrogen (secondary N) is 2. The quantitative estimate of drug-likeness (QED) is 0.745. The molecule has 0 spiro atoms. The Labute approximate surface area is 91.4 Å². The molecular formula is C9H13BrN4. The molecule has 2 heterocycles. The van der Waals surface area contributed by atoms with Crippen LogP contribution in [0.5, 0.6) is 0 Å². The van der Waals surface area contributed by atoms with Gasteiger partial charge in [-0.05, 0) is 35.0 Å². The summed E-state index contributed by atoms with van der Waals surface area (Å²) < 4.78 is 0.945. The molecule has 0 saturated carbocycles. The largest absolute Gasteiger partial charge is 0.382 e. The lowest BCUT2D eigenvalue weighted by atomic mass is 10.2. The maximum absolute atomic E-state index is 5.75. The van der Waals surface area contributed by atoms with Crippen molar-refractivity contribution in [1.82, 2.24) is 10.3 Å². The standard InChI is InChI=1S/C9H13BrN4/c10-6-3-8(9(11)13-4-6)14-7-1-2-12-5-7/h3-4,7,12,14H,1-2,5H2,(H2,11,13). The van der Waals surface area contributed by atoms with Crippen LogP contribution in [0.4, 0.5) is 11.5 Å². The van der Waals surface area contributed by atoms with E-state index < -0.39 is 0 Å². The van der Waals surface area contributed by atoms with Crippen molar-refractivity contribution in [2.75, 3.05) is 24.1 Å². The number of rotatable bonds is 2. The first kappa shape index (κ1) is 9.73. The molecule has 1 aromatic rings. The molecule has 5 heteroatoms. The van der Waals surface area contributed by atoms with Crippen LogP contribution >= 0.6 is 15.9 Å². The Bertz CT molecular complexity index is 323. The van der Waals surface area contributed by atoms with E-state index in [2.05, 4.69) is 31.5 Å². The van der Waals surface area contributed by atoms with Crippen molar-refractivity contribution in [3.63, 3.8) is 0 Å². The van der Waals surface area contributed by atoms with Gasteiger partial charge >= 0.3 is 0 Å². The van der Waals surface area contributed by atoms with Crippen molar-refractivity contribution in [3.8, 4) is 0 Å². The number of aromatic nitrogens is 1. The molecular weight excluding hydrogens is 244 g/mol. The summed E-state index contributed by atoms with van der Waals surface area (Å²) >= 11 is 3.37. The van der Waals surface area contributed by atoms with Gasteiger partial charge in [-0.2, -0.15) is 0 Å². The monoisotopic (exact) mass is 256 g/mol. The predicted molar refractivity (Wildman–Crippen MR) is 61.2 cm³/mol. The third-order valence-electron chi connectivity index (χ3n) is 2.31. The second-order valence-electron chi connectivity index (χ2n) is 3.42. The van der Waals surface area contributed by atoms with E-state index in [9.17, 15) is 0 Å². The molecule has 1 aromatic heterocycles. The Hall–Kier alpha value is -0.810. The van der Waals surface area contributed by atoms with Gasteiger partial charge in [-0.15, -0.1) is 0 Å². The predicted octanol–water partition coefficient (Wildman–Crippen LogP) is 1.20. The van der Waals surface area contributed by atoms with Gasteiger partial charge in [0.15, 0.2) is 0 Å². The van der Waals surface area contributed by atoms with Gasteiger partial charge in [-0.1, -0.05) is 0 Å². The average molecular weight is 257 g/mol. The Balaban J connectivity index is 2.10. The molecule has 4 N–H and O–H groups in total. The second-order valence-corrected chi connectivity index (χ2v) is 4.34. The molecule has 1 fully saturated rings. The molecule has 0 aliphatic carbocycles. The highest BCUT2D eigenvalue weighted by molar-refractivity contribution is 9.10. The zero-order valence-electron chi connectivity index (χ0n) is 7.76. The van der Waals surface area contributed by atoms with Gasteiger partial charge in [0.1, 0.15) is 5.82 Å². The Morgan fingerprint density at radius 1 is 1.64 bits per heavy atom. The highest BCUT2D eigenvalue weighted by atomic mass is 79.9. The number of hydrogen-bond donors (Lipinski definition) is 3. The maximum atomic E-state index is 5.75. The summed E-state index contributed by atoms with van der Waals surface area (Å²) in [4.78, 5) is 4.07. The van der Waals surface area contributed by atoms with Crippen molar-refractivity contribution < 1.29 is 0 Å². The number of nitrogens with two attached hydrogens (primary N) is 1. The van der Waals surface area contributed by atoms with E-state index in [1.165, 1.54) is 0 Å². The molecule has 2 rings (SSSR count). The maximum Gasteiger partial charge on any atom is 0.146 e. The number of anilines is 2. The molecule has 1 unspecified atom stereocenters. The first-order chi connectivity index (χ1) is 6.75. The lowest BCUT2D eigenvalue weighted by Crippen LogP contribution is -2.22. The van der Waals surface area contributed by atoms with Crippen molar-refractivity contribution in [2.24, 2.45) is 0 Å². The van der Waals surface area contributed by atoms with Crippen LogP contribution in [0.1, 0.15) is 6.42 Å². The van der Waals surface area contributed by atoms with Crippen LogP contribution < -0.4 is 16.4 Å². The van der Waals surface area contributed by atoms with Crippen molar-refractivity contribution in [3.05, 3.63) is 16.7 Å². The average Bonchev–Trinajstić information content (AvgIpc) is 2.64. The van der Waals surface area contributed by atoms with E-state index in [-0.39, 0.29) is 0 Å². The van der Waals surface area contributed by atoms with Gasteiger partial charge < -0.3 is 16.4 Å². The smallest absolute Gasteiger partial charge is 0.146 e. The van der Waals surface area contributed by atoms with Crippen LogP contribution in [0, 0.1) is 0 Å². The van der Waals surface area contributed by atoms with Crippen LogP contribution in [-0.2, 0) is 0 Å². The van der Waals surface area contributed by atoms with Crippen molar-refractivity contribution in [1.29, 1.82) is 0 Å². The zero-order chi connectivity index (χ0) is 9.97. The van der Waals surface area contributed by atoms with E-state index in [0.717, 1.165) is 29.7 Å². The van der Waals surface area contributed by atoms with Crippen LogP contribution in [0.2, 0.25) is 0 Å². The molecule has 1 atom stereocenters.